The van der Waals surface area contributed by atoms with Gasteiger partial charge in [0.2, 0.25) is 0 Å². The van der Waals surface area contributed by atoms with E-state index in [9.17, 15) is 4.79 Å². The van der Waals surface area contributed by atoms with Crippen LogP contribution in [0, 0.1) is 5.92 Å². The van der Waals surface area contributed by atoms with Gasteiger partial charge < -0.3 is 16.0 Å². The molecule has 5 nitrogen and oxygen atoms in total. The number of thiazole rings is 1. The molecule has 1 saturated heterocycles. The molecule has 1 unspecified atom stereocenters. The molecule has 0 aromatic carbocycles. The number of nitrogen functional groups attached to an aromatic ring is 1. The molecular weight excluding hydrogens is 272 g/mol. The fourth-order valence-electron chi connectivity index (χ4n) is 2.50. The third-order valence-corrected chi connectivity index (χ3v) is 4.92. The summed E-state index contributed by atoms with van der Waals surface area (Å²) in [6, 6.07) is 0.180. The molecule has 112 valence electrons. The molecule has 0 bridgehead atoms. The maximum atomic E-state index is 12.3. The lowest BCUT2D eigenvalue weighted by molar-refractivity contribution is 0.0929. The van der Waals surface area contributed by atoms with Gasteiger partial charge in [0.15, 0.2) is 5.13 Å². The highest BCUT2D eigenvalue weighted by Crippen LogP contribution is 2.30. The van der Waals surface area contributed by atoms with Crippen molar-refractivity contribution in [2.24, 2.45) is 5.92 Å². The van der Waals surface area contributed by atoms with E-state index < -0.39 is 0 Å². The van der Waals surface area contributed by atoms with Crippen LogP contribution in [0.15, 0.2) is 0 Å². The fraction of sp³-hybridized carbons (Fsp3) is 0.714. The molecular formula is C14H24N4OS. The van der Waals surface area contributed by atoms with Gasteiger partial charge in [0.1, 0.15) is 10.7 Å². The summed E-state index contributed by atoms with van der Waals surface area (Å²) in [7, 11) is 0. The number of rotatable bonds is 5. The van der Waals surface area contributed by atoms with Crippen LogP contribution in [0.25, 0.3) is 0 Å². The van der Waals surface area contributed by atoms with Gasteiger partial charge in [-0.25, -0.2) is 4.98 Å². The van der Waals surface area contributed by atoms with E-state index in [1.54, 1.807) is 0 Å². The zero-order valence-corrected chi connectivity index (χ0v) is 13.3. The standard InChI is InChI=1S/C14H24N4OS/c1-4-10(9(2)3)16-13(19)11-12(15)17-14(20-11)18-7-5-6-8-18/h9-10H,4-8,15H2,1-3H3,(H,16,19). The van der Waals surface area contributed by atoms with Gasteiger partial charge in [-0.1, -0.05) is 32.1 Å². The molecule has 0 saturated carbocycles. The summed E-state index contributed by atoms with van der Waals surface area (Å²) in [5.41, 5.74) is 5.91. The van der Waals surface area contributed by atoms with E-state index in [1.807, 2.05) is 0 Å². The topological polar surface area (TPSA) is 71.2 Å². The summed E-state index contributed by atoms with van der Waals surface area (Å²) < 4.78 is 0. The minimum Gasteiger partial charge on any atom is -0.382 e. The van der Waals surface area contributed by atoms with Crippen LogP contribution in [-0.2, 0) is 0 Å². The van der Waals surface area contributed by atoms with Gasteiger partial charge in [-0.15, -0.1) is 0 Å². The molecule has 0 aliphatic carbocycles. The Morgan fingerprint density at radius 2 is 2.10 bits per heavy atom. The van der Waals surface area contributed by atoms with Crippen molar-refractivity contribution in [1.29, 1.82) is 0 Å². The zero-order valence-electron chi connectivity index (χ0n) is 12.5. The number of amides is 1. The number of carbonyl (C=O) groups is 1. The summed E-state index contributed by atoms with van der Waals surface area (Å²) in [4.78, 5) is 19.4. The van der Waals surface area contributed by atoms with Gasteiger partial charge in [-0.2, -0.15) is 0 Å². The summed E-state index contributed by atoms with van der Waals surface area (Å²) in [5, 5.41) is 3.94. The van der Waals surface area contributed by atoms with Crippen LogP contribution in [0.2, 0.25) is 0 Å². The molecule has 1 fully saturated rings. The van der Waals surface area contributed by atoms with Crippen LogP contribution < -0.4 is 16.0 Å². The second kappa shape index (κ2) is 6.43. The first-order chi connectivity index (χ1) is 9.52. The number of aromatic nitrogens is 1. The number of nitrogens with one attached hydrogen (secondary N) is 1. The van der Waals surface area contributed by atoms with E-state index in [0.29, 0.717) is 16.6 Å². The lowest BCUT2D eigenvalue weighted by Gasteiger charge is -2.20. The largest absolute Gasteiger partial charge is 0.382 e. The maximum Gasteiger partial charge on any atom is 0.265 e. The van der Waals surface area contributed by atoms with Crippen LogP contribution in [0.1, 0.15) is 49.7 Å². The number of carbonyl (C=O) groups excluding carboxylic acids is 1. The molecule has 20 heavy (non-hydrogen) atoms. The van der Waals surface area contributed by atoms with Crippen LogP contribution in [0.5, 0.6) is 0 Å². The first-order valence-corrected chi connectivity index (χ1v) is 8.16. The SMILES string of the molecule is CCC(NC(=O)c1sc(N2CCCC2)nc1N)C(C)C. The Morgan fingerprint density at radius 1 is 1.45 bits per heavy atom. The minimum atomic E-state index is -0.0917. The molecule has 2 heterocycles. The predicted molar refractivity (Wildman–Crippen MR) is 84.4 cm³/mol. The van der Waals surface area contributed by atoms with Gasteiger partial charge in [-0.3, -0.25) is 4.79 Å². The third kappa shape index (κ3) is 3.23. The minimum absolute atomic E-state index is 0.0917. The Morgan fingerprint density at radius 3 is 2.65 bits per heavy atom. The molecule has 2 rings (SSSR count). The van der Waals surface area contributed by atoms with E-state index in [0.717, 1.165) is 24.6 Å². The van der Waals surface area contributed by atoms with E-state index >= 15 is 0 Å². The van der Waals surface area contributed by atoms with Crippen molar-refractivity contribution in [3.8, 4) is 0 Å². The molecule has 3 N–H and O–H groups in total. The summed E-state index contributed by atoms with van der Waals surface area (Å²) in [6.07, 6.45) is 3.29. The van der Waals surface area contributed by atoms with Crippen molar-refractivity contribution in [3.63, 3.8) is 0 Å². The van der Waals surface area contributed by atoms with Gasteiger partial charge >= 0.3 is 0 Å². The van der Waals surface area contributed by atoms with Crippen molar-refractivity contribution in [2.75, 3.05) is 23.7 Å². The Hall–Kier alpha value is -1.30. The molecule has 1 aliphatic rings. The fourth-order valence-corrected chi connectivity index (χ4v) is 3.44. The highest BCUT2D eigenvalue weighted by Gasteiger charge is 2.23. The summed E-state index contributed by atoms with van der Waals surface area (Å²) in [5.74, 6) is 0.676. The zero-order chi connectivity index (χ0) is 14.7. The van der Waals surface area contributed by atoms with Crippen molar-refractivity contribution < 1.29 is 4.79 Å². The first-order valence-electron chi connectivity index (χ1n) is 7.35. The molecule has 1 amide bonds. The van der Waals surface area contributed by atoms with E-state index in [2.05, 4.69) is 36.0 Å². The second-order valence-electron chi connectivity index (χ2n) is 5.64. The predicted octanol–water partition coefficient (Wildman–Crippen LogP) is 2.49. The van der Waals surface area contributed by atoms with Gasteiger partial charge in [-0.05, 0) is 25.2 Å². The van der Waals surface area contributed by atoms with Gasteiger partial charge in [0, 0.05) is 19.1 Å². The highest BCUT2D eigenvalue weighted by atomic mass is 32.1. The smallest absolute Gasteiger partial charge is 0.265 e. The average molecular weight is 296 g/mol. The summed E-state index contributed by atoms with van der Waals surface area (Å²) >= 11 is 1.41. The number of nitrogens with zero attached hydrogens (tertiary/aromatic N) is 2. The van der Waals surface area contributed by atoms with Crippen molar-refractivity contribution in [2.45, 2.75) is 46.1 Å². The molecule has 1 atom stereocenters. The van der Waals surface area contributed by atoms with Gasteiger partial charge in [0.25, 0.3) is 5.91 Å². The molecule has 1 aromatic rings. The van der Waals surface area contributed by atoms with Crippen molar-refractivity contribution in [3.05, 3.63) is 4.88 Å². The Kier molecular flexibility index (Phi) is 4.86. The second-order valence-corrected chi connectivity index (χ2v) is 6.61. The van der Waals surface area contributed by atoms with E-state index in [4.69, 9.17) is 5.73 Å². The highest BCUT2D eigenvalue weighted by molar-refractivity contribution is 7.18. The maximum absolute atomic E-state index is 12.3. The lowest BCUT2D eigenvalue weighted by Crippen LogP contribution is -2.37. The molecule has 1 aromatic heterocycles. The number of anilines is 2. The van der Waals surface area contributed by atoms with E-state index in [-0.39, 0.29) is 11.9 Å². The average Bonchev–Trinajstić information content (AvgIpc) is 3.03. The first kappa shape index (κ1) is 15.1. The molecule has 1 aliphatic heterocycles. The molecule has 0 spiro atoms. The monoisotopic (exact) mass is 296 g/mol. The lowest BCUT2D eigenvalue weighted by atomic mass is 10.0. The Bertz CT molecular complexity index is 466. The Labute approximate surface area is 124 Å². The summed E-state index contributed by atoms with van der Waals surface area (Å²) in [6.45, 7) is 8.33. The van der Waals surface area contributed by atoms with Crippen molar-refractivity contribution in [1.82, 2.24) is 10.3 Å². The number of hydrogen-bond acceptors (Lipinski definition) is 5. The van der Waals surface area contributed by atoms with Crippen molar-refractivity contribution >= 4 is 28.2 Å². The van der Waals surface area contributed by atoms with Crippen LogP contribution in [0.3, 0.4) is 0 Å². The van der Waals surface area contributed by atoms with Gasteiger partial charge in [0.05, 0.1) is 0 Å². The van der Waals surface area contributed by atoms with E-state index in [1.165, 1.54) is 24.2 Å². The number of hydrogen-bond donors (Lipinski definition) is 2. The molecule has 0 radical (unpaired) electrons. The Balaban J connectivity index is 2.09. The normalized spacial score (nSPS) is 16.7. The molecule has 6 heteroatoms. The number of nitrogens with two attached hydrogens (primary N) is 1. The quantitative estimate of drug-likeness (QED) is 0.875. The van der Waals surface area contributed by atoms with Crippen LogP contribution in [0.4, 0.5) is 10.9 Å². The third-order valence-electron chi connectivity index (χ3n) is 3.79. The van der Waals surface area contributed by atoms with Crippen LogP contribution >= 0.6 is 11.3 Å². The van der Waals surface area contributed by atoms with Crippen LogP contribution in [-0.4, -0.2) is 30.0 Å².